The van der Waals surface area contributed by atoms with E-state index < -0.39 is 0 Å². The molecule has 0 unspecified atom stereocenters. The molecule has 17 heavy (non-hydrogen) atoms. The molecule has 1 aromatic carbocycles. The van der Waals surface area contributed by atoms with Crippen LogP contribution in [0.4, 0.5) is 0 Å². The molecule has 2 aliphatic rings. The fraction of sp³-hybridized carbons (Fsp3) is 0.467. The first-order valence-corrected chi connectivity index (χ1v) is 6.25. The number of fused-ring (bicyclic) bond motifs is 1. The van der Waals surface area contributed by atoms with Gasteiger partial charge in [-0.15, -0.1) is 0 Å². The van der Waals surface area contributed by atoms with Gasteiger partial charge in [0.2, 0.25) is 0 Å². The summed E-state index contributed by atoms with van der Waals surface area (Å²) in [5, 5.41) is 10.1. The Labute approximate surface area is 102 Å². The summed E-state index contributed by atoms with van der Waals surface area (Å²) in [7, 11) is 0. The van der Waals surface area contributed by atoms with Crippen LogP contribution in [0.25, 0.3) is 6.08 Å². The lowest BCUT2D eigenvalue weighted by molar-refractivity contribution is 0.0373. The monoisotopic (exact) mass is 230 g/mol. The van der Waals surface area contributed by atoms with Crippen molar-refractivity contribution < 1.29 is 9.84 Å². The zero-order valence-electron chi connectivity index (χ0n) is 10.6. The van der Waals surface area contributed by atoms with Gasteiger partial charge in [-0.1, -0.05) is 6.08 Å². The fourth-order valence-corrected chi connectivity index (χ4v) is 2.73. The summed E-state index contributed by atoms with van der Waals surface area (Å²) in [4.78, 5) is 0. The Morgan fingerprint density at radius 1 is 1.12 bits per heavy atom. The van der Waals surface area contributed by atoms with Crippen molar-refractivity contribution in [2.75, 3.05) is 0 Å². The molecule has 0 aromatic heterocycles. The molecule has 1 fully saturated rings. The molecule has 90 valence electrons. The van der Waals surface area contributed by atoms with E-state index in [9.17, 15) is 5.11 Å². The number of benzene rings is 1. The highest BCUT2D eigenvalue weighted by Crippen LogP contribution is 2.47. The molecule has 1 saturated carbocycles. The van der Waals surface area contributed by atoms with Crippen molar-refractivity contribution in [3.8, 4) is 11.5 Å². The van der Waals surface area contributed by atoms with Crippen LogP contribution >= 0.6 is 0 Å². The van der Waals surface area contributed by atoms with Gasteiger partial charge in [-0.05, 0) is 57.2 Å². The maximum absolute atomic E-state index is 10.1. The van der Waals surface area contributed by atoms with Crippen molar-refractivity contribution >= 4 is 6.08 Å². The van der Waals surface area contributed by atoms with Crippen LogP contribution in [0, 0.1) is 20.8 Å². The number of hydrogen-bond donors (Lipinski definition) is 1. The zero-order valence-corrected chi connectivity index (χ0v) is 10.6. The zero-order chi connectivity index (χ0) is 12.2. The SMILES string of the molecule is Cc1c(C)c2c(c(C)c1O)C=CC1(CCC1)O2. The number of aromatic hydroxyl groups is 1. The molecule has 2 heteroatoms. The summed E-state index contributed by atoms with van der Waals surface area (Å²) < 4.78 is 6.20. The molecular formula is C15H18O2. The third kappa shape index (κ3) is 1.33. The third-order valence-corrected chi connectivity index (χ3v) is 4.32. The van der Waals surface area contributed by atoms with E-state index in [0.717, 1.165) is 40.8 Å². The summed E-state index contributed by atoms with van der Waals surface area (Å²) in [5.74, 6) is 1.37. The van der Waals surface area contributed by atoms with Gasteiger partial charge in [-0.2, -0.15) is 0 Å². The van der Waals surface area contributed by atoms with E-state index in [4.69, 9.17) is 4.74 Å². The summed E-state index contributed by atoms with van der Waals surface area (Å²) in [6.45, 7) is 5.93. The van der Waals surface area contributed by atoms with E-state index in [1.54, 1.807) is 0 Å². The lowest BCUT2D eigenvalue weighted by Crippen LogP contribution is -2.42. The second-order valence-electron chi connectivity index (χ2n) is 5.32. The number of phenolic OH excluding ortho intramolecular Hbond substituents is 1. The van der Waals surface area contributed by atoms with Crippen molar-refractivity contribution in [2.24, 2.45) is 0 Å². The van der Waals surface area contributed by atoms with E-state index in [0.29, 0.717) is 5.75 Å². The smallest absolute Gasteiger partial charge is 0.131 e. The normalized spacial score (nSPS) is 19.7. The van der Waals surface area contributed by atoms with Crippen LogP contribution in [0.15, 0.2) is 6.08 Å². The first-order chi connectivity index (χ1) is 8.04. The minimum absolute atomic E-state index is 0.0480. The molecular weight excluding hydrogens is 212 g/mol. The molecule has 0 atom stereocenters. The van der Waals surface area contributed by atoms with Gasteiger partial charge in [0.15, 0.2) is 0 Å². The lowest BCUT2D eigenvalue weighted by atomic mass is 9.77. The van der Waals surface area contributed by atoms with E-state index >= 15 is 0 Å². The molecule has 0 radical (unpaired) electrons. The Morgan fingerprint density at radius 2 is 1.82 bits per heavy atom. The van der Waals surface area contributed by atoms with Crippen LogP contribution in [-0.4, -0.2) is 10.7 Å². The predicted octanol–water partition coefficient (Wildman–Crippen LogP) is 3.65. The average molecular weight is 230 g/mol. The van der Waals surface area contributed by atoms with Crippen LogP contribution in [0.2, 0.25) is 0 Å². The average Bonchev–Trinajstić information content (AvgIpc) is 2.31. The van der Waals surface area contributed by atoms with Gasteiger partial charge in [-0.25, -0.2) is 0 Å². The summed E-state index contributed by atoms with van der Waals surface area (Å²) in [5.41, 5.74) is 3.93. The van der Waals surface area contributed by atoms with Gasteiger partial charge in [0.05, 0.1) is 0 Å². The summed E-state index contributed by atoms with van der Waals surface area (Å²) in [6, 6.07) is 0. The Hall–Kier alpha value is -1.44. The first-order valence-electron chi connectivity index (χ1n) is 6.25. The Bertz CT molecular complexity index is 522. The van der Waals surface area contributed by atoms with Gasteiger partial charge >= 0.3 is 0 Å². The largest absolute Gasteiger partial charge is 0.507 e. The Morgan fingerprint density at radius 3 is 2.41 bits per heavy atom. The van der Waals surface area contributed by atoms with E-state index in [1.165, 1.54) is 6.42 Å². The molecule has 1 heterocycles. The molecule has 0 bridgehead atoms. The van der Waals surface area contributed by atoms with Crippen LogP contribution in [0.5, 0.6) is 11.5 Å². The molecule has 1 N–H and O–H groups in total. The molecule has 1 spiro atoms. The highest BCUT2D eigenvalue weighted by atomic mass is 16.5. The van der Waals surface area contributed by atoms with Gasteiger partial charge in [0.1, 0.15) is 17.1 Å². The maximum Gasteiger partial charge on any atom is 0.131 e. The molecule has 1 aliphatic heterocycles. The van der Waals surface area contributed by atoms with Gasteiger partial charge in [0, 0.05) is 11.1 Å². The molecule has 2 nitrogen and oxygen atoms in total. The minimum atomic E-state index is -0.0480. The van der Waals surface area contributed by atoms with Crippen LogP contribution in [-0.2, 0) is 0 Å². The number of rotatable bonds is 0. The molecule has 1 aliphatic carbocycles. The first kappa shape index (κ1) is 10.7. The topological polar surface area (TPSA) is 29.5 Å². The van der Waals surface area contributed by atoms with Gasteiger partial charge in [0.25, 0.3) is 0 Å². The highest BCUT2D eigenvalue weighted by Gasteiger charge is 2.40. The van der Waals surface area contributed by atoms with Crippen LogP contribution in [0.1, 0.15) is 41.5 Å². The van der Waals surface area contributed by atoms with Gasteiger partial charge < -0.3 is 9.84 Å². The van der Waals surface area contributed by atoms with Gasteiger partial charge in [-0.3, -0.25) is 0 Å². The predicted molar refractivity (Wildman–Crippen MR) is 68.6 cm³/mol. The van der Waals surface area contributed by atoms with Crippen LogP contribution < -0.4 is 4.74 Å². The molecule has 1 aromatic rings. The fourth-order valence-electron chi connectivity index (χ4n) is 2.73. The standard InChI is InChI=1S/C15H18O2/c1-9-10(2)14-12(11(3)13(9)16)5-8-15(17-14)6-4-7-15/h5,8,16H,4,6-7H2,1-3H3. The number of phenols is 1. The van der Waals surface area contributed by atoms with E-state index in [2.05, 4.69) is 12.2 Å². The quantitative estimate of drug-likeness (QED) is 0.737. The van der Waals surface area contributed by atoms with Crippen molar-refractivity contribution in [3.05, 3.63) is 28.3 Å². The summed E-state index contributed by atoms with van der Waals surface area (Å²) >= 11 is 0. The van der Waals surface area contributed by atoms with Crippen molar-refractivity contribution in [1.82, 2.24) is 0 Å². The lowest BCUT2D eigenvalue weighted by Gasteiger charge is -2.42. The molecule has 3 rings (SSSR count). The second kappa shape index (κ2) is 3.28. The van der Waals surface area contributed by atoms with E-state index in [-0.39, 0.29) is 5.60 Å². The minimum Gasteiger partial charge on any atom is -0.507 e. The third-order valence-electron chi connectivity index (χ3n) is 4.32. The Kier molecular flexibility index (Phi) is 2.07. The van der Waals surface area contributed by atoms with Crippen molar-refractivity contribution in [1.29, 1.82) is 0 Å². The van der Waals surface area contributed by atoms with E-state index in [1.807, 2.05) is 20.8 Å². The number of ether oxygens (including phenoxy) is 1. The maximum atomic E-state index is 10.1. The number of hydrogen-bond acceptors (Lipinski definition) is 2. The van der Waals surface area contributed by atoms with Crippen molar-refractivity contribution in [2.45, 2.75) is 45.6 Å². The van der Waals surface area contributed by atoms with Crippen LogP contribution in [0.3, 0.4) is 0 Å². The highest BCUT2D eigenvalue weighted by molar-refractivity contribution is 5.71. The summed E-state index contributed by atoms with van der Waals surface area (Å²) in [6.07, 6.45) is 7.76. The molecule has 0 saturated heterocycles. The molecule has 0 amide bonds. The second-order valence-corrected chi connectivity index (χ2v) is 5.32. The van der Waals surface area contributed by atoms with Crippen molar-refractivity contribution in [3.63, 3.8) is 0 Å². The Balaban J connectivity index is 2.19.